The first-order valence-corrected chi connectivity index (χ1v) is 7.64. The van der Waals surface area contributed by atoms with Gasteiger partial charge in [-0.3, -0.25) is 9.50 Å². The molecule has 5 nitrogen and oxygen atoms in total. The van der Waals surface area contributed by atoms with E-state index in [-0.39, 0.29) is 0 Å². The maximum absolute atomic E-state index is 4.53. The molecule has 0 unspecified atom stereocenters. The summed E-state index contributed by atoms with van der Waals surface area (Å²) in [6, 6.07) is 10.4. The fraction of sp³-hybridized carbons (Fsp3) is 0.133. The molecule has 0 spiro atoms. The highest BCUT2D eigenvalue weighted by molar-refractivity contribution is 7.15. The normalized spacial score (nSPS) is 11.2. The Hall–Kier alpha value is -2.47. The van der Waals surface area contributed by atoms with E-state index in [9.17, 15) is 0 Å². The second kappa shape index (κ2) is 5.14. The van der Waals surface area contributed by atoms with Crippen LogP contribution in [0, 0.1) is 0 Å². The molecule has 4 aromatic rings. The van der Waals surface area contributed by atoms with Crippen molar-refractivity contribution in [1.29, 1.82) is 0 Å². The highest BCUT2D eigenvalue weighted by Gasteiger charge is 2.10. The third kappa shape index (κ3) is 2.45. The van der Waals surface area contributed by atoms with E-state index in [2.05, 4.69) is 44.4 Å². The van der Waals surface area contributed by atoms with Crippen LogP contribution in [0.1, 0.15) is 11.4 Å². The molecule has 0 bridgehead atoms. The summed E-state index contributed by atoms with van der Waals surface area (Å²) < 4.78 is 1.99. The monoisotopic (exact) mass is 295 g/mol. The van der Waals surface area contributed by atoms with E-state index >= 15 is 0 Å². The van der Waals surface area contributed by atoms with E-state index in [1.54, 1.807) is 11.3 Å². The highest BCUT2D eigenvalue weighted by atomic mass is 32.1. The molecule has 1 aromatic carbocycles. The predicted octanol–water partition coefficient (Wildman–Crippen LogP) is 2.97. The molecule has 104 valence electrons. The number of nitrogens with zero attached hydrogens (tertiary/aromatic N) is 4. The summed E-state index contributed by atoms with van der Waals surface area (Å²) in [6.45, 7) is 0. The van der Waals surface area contributed by atoms with Gasteiger partial charge in [-0.1, -0.05) is 30.3 Å². The Labute approximate surface area is 125 Å². The van der Waals surface area contributed by atoms with Crippen LogP contribution >= 0.6 is 11.3 Å². The number of aromatic nitrogens is 5. The van der Waals surface area contributed by atoms with Crippen molar-refractivity contribution in [1.82, 2.24) is 24.6 Å². The van der Waals surface area contributed by atoms with Gasteiger partial charge in [-0.2, -0.15) is 5.10 Å². The Kier molecular flexibility index (Phi) is 3.01. The zero-order valence-corrected chi connectivity index (χ0v) is 12.0. The van der Waals surface area contributed by atoms with Gasteiger partial charge in [0.2, 0.25) is 5.82 Å². The van der Waals surface area contributed by atoms with Gasteiger partial charge in [0.1, 0.15) is 11.5 Å². The van der Waals surface area contributed by atoms with Crippen LogP contribution in [-0.2, 0) is 12.8 Å². The second-order valence-corrected chi connectivity index (χ2v) is 5.68. The van der Waals surface area contributed by atoms with Crippen LogP contribution in [0.5, 0.6) is 0 Å². The molecule has 3 aromatic heterocycles. The van der Waals surface area contributed by atoms with Gasteiger partial charge >= 0.3 is 0 Å². The van der Waals surface area contributed by atoms with Crippen molar-refractivity contribution in [3.8, 4) is 11.5 Å². The standard InChI is InChI=1S/C15H13N5S/c1-2-4-11(5-3-1)6-7-13-17-14(19-18-13)12-10-20-8-9-21-15(20)16-12/h1-5,8-10H,6-7H2,(H,17,18,19). The first kappa shape index (κ1) is 12.3. The van der Waals surface area contributed by atoms with Crippen molar-refractivity contribution in [2.75, 3.05) is 0 Å². The largest absolute Gasteiger partial charge is 0.297 e. The molecule has 0 saturated carbocycles. The fourth-order valence-electron chi connectivity index (χ4n) is 2.26. The van der Waals surface area contributed by atoms with Crippen molar-refractivity contribution in [2.45, 2.75) is 12.8 Å². The first-order chi connectivity index (χ1) is 10.4. The first-order valence-electron chi connectivity index (χ1n) is 6.76. The number of nitrogens with one attached hydrogen (secondary N) is 1. The predicted molar refractivity (Wildman–Crippen MR) is 82.3 cm³/mol. The summed E-state index contributed by atoms with van der Waals surface area (Å²) in [5.74, 6) is 1.55. The zero-order valence-electron chi connectivity index (χ0n) is 11.2. The molecule has 21 heavy (non-hydrogen) atoms. The smallest absolute Gasteiger partial charge is 0.201 e. The molecule has 0 saturated heterocycles. The topological polar surface area (TPSA) is 58.9 Å². The number of hydrogen-bond acceptors (Lipinski definition) is 4. The van der Waals surface area contributed by atoms with Gasteiger partial charge < -0.3 is 0 Å². The average molecular weight is 295 g/mol. The van der Waals surface area contributed by atoms with Crippen LogP contribution in [0.15, 0.2) is 48.1 Å². The van der Waals surface area contributed by atoms with Crippen LogP contribution in [0.25, 0.3) is 16.5 Å². The quantitative estimate of drug-likeness (QED) is 0.629. The molecule has 1 N–H and O–H groups in total. The van der Waals surface area contributed by atoms with Gasteiger partial charge in [0, 0.05) is 24.2 Å². The van der Waals surface area contributed by atoms with Crippen molar-refractivity contribution in [3.63, 3.8) is 0 Å². The molecule has 3 heterocycles. The molecule has 0 aliphatic carbocycles. The van der Waals surface area contributed by atoms with Gasteiger partial charge in [-0.15, -0.1) is 11.3 Å². The third-order valence-corrected chi connectivity index (χ3v) is 4.12. The minimum Gasteiger partial charge on any atom is -0.297 e. The minimum absolute atomic E-state index is 0.661. The van der Waals surface area contributed by atoms with Gasteiger partial charge in [0.25, 0.3) is 0 Å². The Bertz CT molecular complexity index is 830. The Morgan fingerprint density at radius 3 is 2.86 bits per heavy atom. The zero-order chi connectivity index (χ0) is 14.1. The molecule has 0 amide bonds. The summed E-state index contributed by atoms with van der Waals surface area (Å²) in [4.78, 5) is 10.0. The Morgan fingerprint density at radius 2 is 2.00 bits per heavy atom. The van der Waals surface area contributed by atoms with E-state index in [0.29, 0.717) is 5.82 Å². The number of hydrogen-bond donors (Lipinski definition) is 1. The van der Waals surface area contributed by atoms with Crippen LogP contribution < -0.4 is 0 Å². The van der Waals surface area contributed by atoms with Crippen LogP contribution in [0.3, 0.4) is 0 Å². The van der Waals surface area contributed by atoms with Gasteiger partial charge in [0.15, 0.2) is 4.96 Å². The molecule has 0 aliphatic heterocycles. The minimum atomic E-state index is 0.661. The summed E-state index contributed by atoms with van der Waals surface area (Å²) in [5, 5.41) is 9.28. The molecule has 4 rings (SSSR count). The van der Waals surface area contributed by atoms with E-state index < -0.39 is 0 Å². The van der Waals surface area contributed by atoms with Crippen LogP contribution in [-0.4, -0.2) is 24.6 Å². The Balaban J connectivity index is 1.51. The van der Waals surface area contributed by atoms with Crippen molar-refractivity contribution >= 4 is 16.3 Å². The van der Waals surface area contributed by atoms with Crippen molar-refractivity contribution in [3.05, 3.63) is 59.5 Å². The number of aryl methyl sites for hydroxylation is 2. The molecule has 0 aliphatic rings. The molecule has 0 radical (unpaired) electrons. The SMILES string of the molecule is c1ccc(CCc2nc(-c3cn4ccsc4n3)n[nH]2)cc1. The van der Waals surface area contributed by atoms with Crippen molar-refractivity contribution in [2.24, 2.45) is 0 Å². The molecule has 6 heteroatoms. The lowest BCUT2D eigenvalue weighted by molar-refractivity contribution is 0.865. The van der Waals surface area contributed by atoms with Gasteiger partial charge in [-0.05, 0) is 12.0 Å². The average Bonchev–Trinajstić information content (AvgIpc) is 3.21. The summed E-state index contributed by atoms with van der Waals surface area (Å²) in [6.07, 6.45) is 5.74. The number of fused-ring (bicyclic) bond motifs is 1. The molecular weight excluding hydrogens is 282 g/mol. The summed E-state index contributed by atoms with van der Waals surface area (Å²) in [7, 11) is 0. The van der Waals surface area contributed by atoms with E-state index in [4.69, 9.17) is 0 Å². The van der Waals surface area contributed by atoms with E-state index in [1.165, 1.54) is 5.56 Å². The fourth-order valence-corrected chi connectivity index (χ4v) is 2.96. The van der Waals surface area contributed by atoms with Crippen LogP contribution in [0.4, 0.5) is 0 Å². The van der Waals surface area contributed by atoms with Crippen molar-refractivity contribution < 1.29 is 0 Å². The molecule has 0 atom stereocenters. The number of rotatable bonds is 4. The number of imidazole rings is 1. The second-order valence-electron chi connectivity index (χ2n) is 4.81. The van der Waals surface area contributed by atoms with E-state index in [0.717, 1.165) is 29.3 Å². The number of thiazole rings is 1. The highest BCUT2D eigenvalue weighted by Crippen LogP contribution is 2.18. The summed E-state index contributed by atoms with van der Waals surface area (Å²) >= 11 is 1.60. The van der Waals surface area contributed by atoms with E-state index in [1.807, 2.05) is 28.2 Å². The van der Waals surface area contributed by atoms with Crippen LogP contribution in [0.2, 0.25) is 0 Å². The number of H-pyrrole nitrogens is 1. The lowest BCUT2D eigenvalue weighted by Crippen LogP contribution is -1.93. The summed E-state index contributed by atoms with van der Waals surface area (Å²) in [5.41, 5.74) is 2.11. The van der Waals surface area contributed by atoms with Gasteiger partial charge in [0.05, 0.1) is 0 Å². The maximum atomic E-state index is 4.53. The van der Waals surface area contributed by atoms with Gasteiger partial charge in [-0.25, -0.2) is 9.97 Å². The maximum Gasteiger partial charge on any atom is 0.201 e. The number of aromatic amines is 1. The lowest BCUT2D eigenvalue weighted by atomic mass is 10.1. The lowest BCUT2D eigenvalue weighted by Gasteiger charge is -1.97. The molecule has 0 fully saturated rings. The molecular formula is C15H13N5S. The number of benzene rings is 1. The Morgan fingerprint density at radius 1 is 1.10 bits per heavy atom. The third-order valence-electron chi connectivity index (χ3n) is 3.35.